The summed E-state index contributed by atoms with van der Waals surface area (Å²) in [5.41, 5.74) is 5.71. The second-order valence-corrected chi connectivity index (χ2v) is 9.06. The molecule has 0 aromatic carbocycles. The molecule has 1 atom stereocenters. The van der Waals surface area contributed by atoms with Gasteiger partial charge in [-0.05, 0) is 19.3 Å². The van der Waals surface area contributed by atoms with E-state index < -0.39 is 15.2 Å². The van der Waals surface area contributed by atoms with Gasteiger partial charge in [0.2, 0.25) is 5.91 Å². The molecule has 1 saturated carbocycles. The average Bonchev–Trinajstić information content (AvgIpc) is 2.37. The summed E-state index contributed by atoms with van der Waals surface area (Å²) in [6.07, 6.45) is 3.09. The first-order valence-electron chi connectivity index (χ1n) is 6.76. The number of nitrogens with two attached hydrogens (primary N) is 1. The molecule has 2 fully saturated rings. The molecule has 5 nitrogen and oxygen atoms in total. The lowest BCUT2D eigenvalue weighted by molar-refractivity contribution is -0.133. The predicted octanol–water partition coefficient (Wildman–Crippen LogP) is 0.594. The zero-order valence-electron chi connectivity index (χ0n) is 11.3. The van der Waals surface area contributed by atoms with E-state index in [9.17, 15) is 13.2 Å². The van der Waals surface area contributed by atoms with Gasteiger partial charge in [-0.2, -0.15) is 11.8 Å². The Labute approximate surface area is 119 Å². The van der Waals surface area contributed by atoms with Crippen LogP contribution in [0.1, 0.15) is 32.6 Å². The van der Waals surface area contributed by atoms with Crippen LogP contribution < -0.4 is 5.73 Å². The molecule has 1 amide bonds. The fourth-order valence-electron chi connectivity index (χ4n) is 2.57. The van der Waals surface area contributed by atoms with Crippen molar-refractivity contribution < 1.29 is 13.2 Å². The van der Waals surface area contributed by atoms with E-state index in [0.29, 0.717) is 12.3 Å². The van der Waals surface area contributed by atoms with E-state index in [1.807, 2.05) is 0 Å². The van der Waals surface area contributed by atoms with E-state index in [1.165, 1.54) is 0 Å². The van der Waals surface area contributed by atoms with Crippen LogP contribution in [0.2, 0.25) is 0 Å². The van der Waals surface area contributed by atoms with Gasteiger partial charge in [-0.1, -0.05) is 6.92 Å². The van der Waals surface area contributed by atoms with Gasteiger partial charge in [-0.25, -0.2) is 8.42 Å². The Balaban J connectivity index is 2.09. The highest BCUT2D eigenvalue weighted by atomic mass is 32.2. The van der Waals surface area contributed by atoms with E-state index in [-0.39, 0.29) is 23.6 Å². The fourth-order valence-corrected chi connectivity index (χ4v) is 5.55. The highest BCUT2D eigenvalue weighted by Crippen LogP contribution is 2.33. The van der Waals surface area contributed by atoms with Crippen molar-refractivity contribution in [3.8, 4) is 0 Å². The smallest absolute Gasteiger partial charge is 0.225 e. The van der Waals surface area contributed by atoms with Gasteiger partial charge in [0.25, 0.3) is 0 Å². The van der Waals surface area contributed by atoms with Crippen molar-refractivity contribution in [2.75, 3.05) is 23.8 Å². The van der Waals surface area contributed by atoms with Crippen molar-refractivity contribution in [1.82, 2.24) is 4.90 Å². The van der Waals surface area contributed by atoms with E-state index in [4.69, 9.17) is 5.73 Å². The second kappa shape index (κ2) is 5.61. The monoisotopic (exact) mass is 306 g/mol. The number of amides is 1. The molecule has 1 aliphatic heterocycles. The first-order chi connectivity index (χ1) is 8.88. The topological polar surface area (TPSA) is 80.5 Å². The fraction of sp³-hybridized carbons (Fsp3) is 0.917. The number of nitrogens with zero attached hydrogens (tertiary/aromatic N) is 1. The normalized spacial score (nSPS) is 26.8. The molecular formula is C12H22N2O3S2. The Morgan fingerprint density at radius 2 is 2.16 bits per heavy atom. The zero-order valence-corrected chi connectivity index (χ0v) is 12.9. The molecule has 1 aliphatic carbocycles. The predicted molar refractivity (Wildman–Crippen MR) is 77.7 cm³/mol. The second-order valence-electron chi connectivity index (χ2n) is 5.46. The standard InChI is InChI=1S/C12H22N2O3S2/c1-2-19(16,17)11-9-18-7-6-14(11)10(15)8-12(13)4-3-5-12/h11H,2-9,13H2,1H3. The minimum atomic E-state index is -3.22. The van der Waals surface area contributed by atoms with Crippen LogP contribution in [0.4, 0.5) is 0 Å². The minimum Gasteiger partial charge on any atom is -0.325 e. The van der Waals surface area contributed by atoms with E-state index in [1.54, 1.807) is 23.6 Å². The first-order valence-corrected chi connectivity index (χ1v) is 9.63. The molecule has 2 aliphatic rings. The van der Waals surface area contributed by atoms with Gasteiger partial charge in [0, 0.05) is 35.8 Å². The Kier molecular flexibility index (Phi) is 4.47. The Hall–Kier alpha value is -0.270. The molecule has 1 saturated heterocycles. The van der Waals surface area contributed by atoms with Crippen LogP contribution >= 0.6 is 11.8 Å². The molecule has 0 bridgehead atoms. The van der Waals surface area contributed by atoms with Gasteiger partial charge in [0.15, 0.2) is 9.84 Å². The number of rotatable bonds is 4. The van der Waals surface area contributed by atoms with Crippen LogP contribution in [0.25, 0.3) is 0 Å². The van der Waals surface area contributed by atoms with E-state index in [2.05, 4.69) is 0 Å². The largest absolute Gasteiger partial charge is 0.325 e. The molecular weight excluding hydrogens is 284 g/mol. The van der Waals surface area contributed by atoms with Crippen molar-refractivity contribution in [2.24, 2.45) is 5.73 Å². The van der Waals surface area contributed by atoms with Gasteiger partial charge >= 0.3 is 0 Å². The molecule has 0 radical (unpaired) electrons. The number of carbonyl (C=O) groups is 1. The molecule has 19 heavy (non-hydrogen) atoms. The van der Waals surface area contributed by atoms with Crippen molar-refractivity contribution in [1.29, 1.82) is 0 Å². The summed E-state index contributed by atoms with van der Waals surface area (Å²) in [5, 5.41) is -0.660. The maximum absolute atomic E-state index is 12.4. The third-order valence-corrected chi connectivity index (χ3v) is 7.36. The lowest BCUT2D eigenvalue weighted by Crippen LogP contribution is -2.55. The van der Waals surface area contributed by atoms with E-state index >= 15 is 0 Å². The Bertz CT molecular complexity index is 446. The van der Waals surface area contributed by atoms with E-state index in [0.717, 1.165) is 25.0 Å². The highest BCUT2D eigenvalue weighted by Gasteiger charge is 2.40. The van der Waals surface area contributed by atoms with Crippen molar-refractivity contribution in [2.45, 2.75) is 43.5 Å². The molecule has 0 aromatic heterocycles. The quantitative estimate of drug-likeness (QED) is 0.822. The van der Waals surface area contributed by atoms with Gasteiger partial charge in [-0.15, -0.1) is 0 Å². The molecule has 1 unspecified atom stereocenters. The molecule has 2 N–H and O–H groups in total. The van der Waals surface area contributed by atoms with Crippen LogP contribution in [0, 0.1) is 0 Å². The lowest BCUT2D eigenvalue weighted by atomic mass is 9.75. The number of hydrogen-bond acceptors (Lipinski definition) is 5. The number of carbonyl (C=O) groups excluding carboxylic acids is 1. The van der Waals surface area contributed by atoms with Crippen LogP contribution in [0.5, 0.6) is 0 Å². The summed E-state index contributed by atoms with van der Waals surface area (Å²) in [6, 6.07) is 0. The molecule has 1 heterocycles. The van der Waals surface area contributed by atoms with Crippen molar-refractivity contribution >= 4 is 27.5 Å². The van der Waals surface area contributed by atoms with Gasteiger partial charge in [0.05, 0.1) is 0 Å². The number of thioether (sulfide) groups is 1. The molecule has 7 heteroatoms. The van der Waals surface area contributed by atoms with Crippen molar-refractivity contribution in [3.63, 3.8) is 0 Å². The van der Waals surface area contributed by atoms with Crippen LogP contribution in [-0.2, 0) is 14.6 Å². The van der Waals surface area contributed by atoms with Gasteiger partial charge in [0.1, 0.15) is 5.37 Å². The third kappa shape index (κ3) is 3.25. The summed E-state index contributed by atoms with van der Waals surface area (Å²) in [5.74, 6) is 1.28. The maximum Gasteiger partial charge on any atom is 0.225 e. The van der Waals surface area contributed by atoms with Crippen LogP contribution in [0.15, 0.2) is 0 Å². The average molecular weight is 306 g/mol. The number of sulfone groups is 1. The maximum atomic E-state index is 12.4. The Morgan fingerprint density at radius 3 is 2.68 bits per heavy atom. The molecule has 2 rings (SSSR count). The minimum absolute atomic E-state index is 0.0791. The van der Waals surface area contributed by atoms with Gasteiger partial charge < -0.3 is 10.6 Å². The summed E-state index contributed by atoms with van der Waals surface area (Å²) in [6.45, 7) is 2.15. The van der Waals surface area contributed by atoms with Gasteiger partial charge in [-0.3, -0.25) is 4.79 Å². The lowest BCUT2D eigenvalue weighted by Gasteiger charge is -2.41. The zero-order chi connectivity index (χ0) is 14.1. The first kappa shape index (κ1) is 15.1. The summed E-state index contributed by atoms with van der Waals surface area (Å²) in [7, 11) is -3.22. The van der Waals surface area contributed by atoms with Crippen molar-refractivity contribution in [3.05, 3.63) is 0 Å². The third-order valence-electron chi connectivity index (χ3n) is 4.07. The van der Waals surface area contributed by atoms with Crippen LogP contribution in [0.3, 0.4) is 0 Å². The molecule has 0 aromatic rings. The van der Waals surface area contributed by atoms with Crippen LogP contribution in [-0.4, -0.2) is 53.9 Å². The SMILES string of the molecule is CCS(=O)(=O)C1CSCCN1C(=O)CC1(N)CCC1. The Morgan fingerprint density at radius 1 is 1.47 bits per heavy atom. The summed E-state index contributed by atoms with van der Waals surface area (Å²) >= 11 is 1.60. The molecule has 110 valence electrons. The highest BCUT2D eigenvalue weighted by molar-refractivity contribution is 8.01. The summed E-state index contributed by atoms with van der Waals surface area (Å²) in [4.78, 5) is 13.9. The number of hydrogen-bond donors (Lipinski definition) is 1. The summed E-state index contributed by atoms with van der Waals surface area (Å²) < 4.78 is 24.2. The molecule has 0 spiro atoms.